The lowest BCUT2D eigenvalue weighted by Gasteiger charge is -2.36. The van der Waals surface area contributed by atoms with Crippen LogP contribution in [0.25, 0.3) is 10.9 Å². The van der Waals surface area contributed by atoms with Crippen LogP contribution in [0.2, 0.25) is 0 Å². The maximum absolute atomic E-state index is 12.4. The van der Waals surface area contributed by atoms with Gasteiger partial charge in [0.2, 0.25) is 0 Å². The van der Waals surface area contributed by atoms with Crippen LogP contribution in [0, 0.1) is 0 Å². The molecule has 1 aromatic heterocycles. The Morgan fingerprint density at radius 1 is 1.25 bits per heavy atom. The molecule has 3 heterocycles. The summed E-state index contributed by atoms with van der Waals surface area (Å²) in [6.07, 6.45) is 3.90. The summed E-state index contributed by atoms with van der Waals surface area (Å²) in [7, 11) is 3.98. The van der Waals surface area contributed by atoms with Crippen LogP contribution in [0.1, 0.15) is 12.8 Å². The fraction of sp³-hybridized carbons (Fsp3) is 0.550. The van der Waals surface area contributed by atoms with Crippen LogP contribution in [0.4, 0.5) is 16.3 Å². The van der Waals surface area contributed by atoms with Crippen LogP contribution in [0.3, 0.4) is 0 Å². The maximum atomic E-state index is 12.4. The number of ether oxygens (including phenoxy) is 1. The molecular weight excluding hydrogens is 356 g/mol. The van der Waals surface area contributed by atoms with Crippen molar-refractivity contribution in [2.24, 2.45) is 0 Å². The fourth-order valence-corrected chi connectivity index (χ4v) is 3.87. The summed E-state index contributed by atoms with van der Waals surface area (Å²) in [5, 5.41) is 4.06. The third-order valence-electron chi connectivity index (χ3n) is 5.46. The molecule has 1 aromatic carbocycles. The minimum Gasteiger partial charge on any atom is -0.376 e. The van der Waals surface area contributed by atoms with Gasteiger partial charge in [-0.15, -0.1) is 0 Å². The van der Waals surface area contributed by atoms with E-state index in [9.17, 15) is 4.79 Å². The van der Waals surface area contributed by atoms with Gasteiger partial charge in [0.25, 0.3) is 0 Å². The summed E-state index contributed by atoms with van der Waals surface area (Å²) < 4.78 is 5.57. The van der Waals surface area contributed by atoms with Crippen molar-refractivity contribution in [3.8, 4) is 0 Å². The molecule has 0 saturated carbocycles. The van der Waals surface area contributed by atoms with E-state index in [2.05, 4.69) is 32.3 Å². The highest BCUT2D eigenvalue weighted by molar-refractivity contribution is 5.91. The zero-order valence-electron chi connectivity index (χ0n) is 16.6. The number of hydrogen-bond donors (Lipinski definition) is 1. The van der Waals surface area contributed by atoms with Crippen LogP contribution in [-0.4, -0.2) is 80.4 Å². The molecule has 1 unspecified atom stereocenters. The first-order valence-corrected chi connectivity index (χ1v) is 9.93. The highest BCUT2D eigenvalue weighted by Gasteiger charge is 2.23. The quantitative estimate of drug-likeness (QED) is 0.865. The lowest BCUT2D eigenvalue weighted by Crippen LogP contribution is -2.52. The number of nitrogens with one attached hydrogen (secondary N) is 1. The van der Waals surface area contributed by atoms with Crippen LogP contribution >= 0.6 is 0 Å². The average Bonchev–Trinajstić information content (AvgIpc) is 3.25. The number of urea groups is 1. The molecular formula is C20H28N6O2. The Morgan fingerprint density at radius 3 is 2.79 bits per heavy atom. The Balaban J connectivity index is 1.38. The van der Waals surface area contributed by atoms with Crippen molar-refractivity contribution in [3.05, 3.63) is 24.5 Å². The number of hydrogen-bond acceptors (Lipinski definition) is 6. The molecule has 2 aromatic rings. The zero-order valence-corrected chi connectivity index (χ0v) is 16.6. The van der Waals surface area contributed by atoms with Crippen molar-refractivity contribution < 1.29 is 9.53 Å². The first-order valence-electron chi connectivity index (χ1n) is 9.93. The van der Waals surface area contributed by atoms with Gasteiger partial charge >= 0.3 is 6.03 Å². The Labute approximate surface area is 165 Å². The van der Waals surface area contributed by atoms with E-state index in [1.807, 2.05) is 30.0 Å². The number of piperazine rings is 1. The average molecular weight is 384 g/mol. The minimum absolute atomic E-state index is 0.0111. The molecule has 2 aliphatic rings. The van der Waals surface area contributed by atoms with Crippen molar-refractivity contribution >= 4 is 28.4 Å². The second-order valence-corrected chi connectivity index (χ2v) is 7.59. The Kier molecular flexibility index (Phi) is 5.47. The summed E-state index contributed by atoms with van der Waals surface area (Å²) in [5.74, 6) is 0.916. The highest BCUT2D eigenvalue weighted by atomic mass is 16.5. The van der Waals surface area contributed by atoms with E-state index in [4.69, 9.17) is 4.74 Å². The molecule has 0 radical (unpaired) electrons. The molecule has 2 amide bonds. The summed E-state index contributed by atoms with van der Waals surface area (Å²) in [6.45, 7) is 4.46. The number of benzene rings is 1. The fourth-order valence-electron chi connectivity index (χ4n) is 3.87. The van der Waals surface area contributed by atoms with Gasteiger partial charge in [-0.25, -0.2) is 14.8 Å². The molecule has 28 heavy (non-hydrogen) atoms. The van der Waals surface area contributed by atoms with Crippen LogP contribution in [-0.2, 0) is 4.74 Å². The lowest BCUT2D eigenvalue weighted by atomic mass is 10.1. The van der Waals surface area contributed by atoms with Gasteiger partial charge < -0.3 is 24.8 Å². The monoisotopic (exact) mass is 384 g/mol. The topological polar surface area (TPSA) is 73.8 Å². The van der Waals surface area contributed by atoms with Crippen molar-refractivity contribution in [2.45, 2.75) is 18.9 Å². The third kappa shape index (κ3) is 3.96. The number of fused-ring (bicyclic) bond motifs is 1. The molecule has 2 aliphatic heterocycles. The minimum atomic E-state index is 0.0111. The molecule has 1 N–H and O–H groups in total. The summed E-state index contributed by atoms with van der Waals surface area (Å²) in [4.78, 5) is 27.4. The van der Waals surface area contributed by atoms with Gasteiger partial charge in [-0.1, -0.05) is 0 Å². The first kappa shape index (κ1) is 18.7. The second-order valence-electron chi connectivity index (χ2n) is 7.59. The Bertz CT molecular complexity index is 829. The number of carbonyl (C=O) groups is 1. The third-order valence-corrected chi connectivity index (χ3v) is 5.46. The second kappa shape index (κ2) is 8.18. The van der Waals surface area contributed by atoms with Crippen molar-refractivity contribution in [2.75, 3.05) is 63.2 Å². The predicted octanol–water partition coefficient (Wildman–Crippen LogP) is 1.71. The number of amides is 2. The van der Waals surface area contributed by atoms with Crippen LogP contribution < -0.4 is 15.1 Å². The number of carbonyl (C=O) groups excluding carboxylic acids is 1. The molecule has 150 valence electrons. The summed E-state index contributed by atoms with van der Waals surface area (Å²) in [6, 6.07) is 6.30. The number of anilines is 2. The molecule has 8 heteroatoms. The van der Waals surface area contributed by atoms with E-state index in [-0.39, 0.29) is 12.1 Å². The zero-order chi connectivity index (χ0) is 19.5. The van der Waals surface area contributed by atoms with E-state index < -0.39 is 0 Å². The molecule has 2 saturated heterocycles. The molecule has 0 bridgehead atoms. The molecule has 0 spiro atoms. The Morgan fingerprint density at radius 2 is 2.07 bits per heavy atom. The van der Waals surface area contributed by atoms with E-state index in [0.717, 1.165) is 54.9 Å². The van der Waals surface area contributed by atoms with Gasteiger partial charge in [0.15, 0.2) is 0 Å². The number of rotatable bonds is 4. The van der Waals surface area contributed by atoms with E-state index >= 15 is 0 Å². The standard InChI is InChI=1S/C20H28N6O2/c1-24(2)19-17-12-15(5-6-18(17)22-14-23-19)25-7-9-26(10-8-25)20(27)21-13-16-4-3-11-28-16/h5-6,12,14,16H,3-4,7-11,13H2,1-2H3,(H,21,27). The Hall–Kier alpha value is -2.61. The SMILES string of the molecule is CN(C)c1ncnc2ccc(N3CCN(C(=O)NCC4CCCO4)CC3)cc12. The highest BCUT2D eigenvalue weighted by Crippen LogP contribution is 2.27. The number of aromatic nitrogens is 2. The van der Waals surface area contributed by atoms with Crippen LogP contribution in [0.5, 0.6) is 0 Å². The molecule has 1 atom stereocenters. The molecule has 0 aliphatic carbocycles. The number of nitrogens with zero attached hydrogens (tertiary/aromatic N) is 5. The van der Waals surface area contributed by atoms with Gasteiger partial charge in [0, 0.05) is 64.5 Å². The normalized spacial score (nSPS) is 19.9. The van der Waals surface area contributed by atoms with Gasteiger partial charge in [-0.3, -0.25) is 0 Å². The lowest BCUT2D eigenvalue weighted by molar-refractivity contribution is 0.108. The van der Waals surface area contributed by atoms with E-state index in [1.165, 1.54) is 0 Å². The summed E-state index contributed by atoms with van der Waals surface area (Å²) in [5.41, 5.74) is 2.08. The van der Waals surface area contributed by atoms with Gasteiger partial charge in [-0.2, -0.15) is 0 Å². The predicted molar refractivity (Wildman–Crippen MR) is 110 cm³/mol. The van der Waals surface area contributed by atoms with Crippen LogP contribution in [0.15, 0.2) is 24.5 Å². The van der Waals surface area contributed by atoms with E-state index in [1.54, 1.807) is 6.33 Å². The van der Waals surface area contributed by atoms with Crippen molar-refractivity contribution in [1.82, 2.24) is 20.2 Å². The van der Waals surface area contributed by atoms with Crippen molar-refractivity contribution in [3.63, 3.8) is 0 Å². The van der Waals surface area contributed by atoms with Gasteiger partial charge in [0.05, 0.1) is 11.6 Å². The maximum Gasteiger partial charge on any atom is 0.317 e. The van der Waals surface area contributed by atoms with E-state index in [0.29, 0.717) is 19.6 Å². The summed E-state index contributed by atoms with van der Waals surface area (Å²) >= 11 is 0. The smallest absolute Gasteiger partial charge is 0.317 e. The molecule has 4 rings (SSSR count). The largest absolute Gasteiger partial charge is 0.376 e. The van der Waals surface area contributed by atoms with Crippen molar-refractivity contribution in [1.29, 1.82) is 0 Å². The van der Waals surface area contributed by atoms with Gasteiger partial charge in [0.1, 0.15) is 12.1 Å². The molecule has 8 nitrogen and oxygen atoms in total. The first-order chi connectivity index (χ1) is 13.6. The molecule has 2 fully saturated rings. The van der Waals surface area contributed by atoms with Gasteiger partial charge in [-0.05, 0) is 31.0 Å².